The molecule has 2 aromatic carbocycles. The van der Waals surface area contributed by atoms with Crippen molar-refractivity contribution in [2.24, 2.45) is 0 Å². The molecule has 0 saturated heterocycles. The molecule has 1 heterocycles. The van der Waals surface area contributed by atoms with Gasteiger partial charge < -0.3 is 5.32 Å². The second-order valence-corrected chi connectivity index (χ2v) is 5.97. The molecular formula is C18H17BrN2. The average molecular weight is 341 g/mol. The third kappa shape index (κ3) is 3.31. The van der Waals surface area contributed by atoms with E-state index in [0.717, 1.165) is 22.2 Å². The fourth-order valence-electron chi connectivity index (χ4n) is 2.40. The first kappa shape index (κ1) is 14.2. The summed E-state index contributed by atoms with van der Waals surface area (Å²) in [7, 11) is 0. The third-order valence-electron chi connectivity index (χ3n) is 3.62. The highest BCUT2D eigenvalue weighted by molar-refractivity contribution is 9.10. The topological polar surface area (TPSA) is 24.9 Å². The van der Waals surface area contributed by atoms with Crippen LogP contribution < -0.4 is 5.32 Å². The normalized spacial score (nSPS) is 12.5. The molecule has 1 aromatic heterocycles. The van der Waals surface area contributed by atoms with Gasteiger partial charge in [-0.2, -0.15) is 0 Å². The monoisotopic (exact) mass is 340 g/mol. The van der Waals surface area contributed by atoms with E-state index in [9.17, 15) is 0 Å². The van der Waals surface area contributed by atoms with E-state index >= 15 is 0 Å². The predicted molar refractivity (Wildman–Crippen MR) is 91.1 cm³/mol. The summed E-state index contributed by atoms with van der Waals surface area (Å²) in [6, 6.07) is 21.0. The van der Waals surface area contributed by atoms with Gasteiger partial charge in [0.25, 0.3) is 0 Å². The molecule has 1 atom stereocenters. The second-order valence-electron chi connectivity index (χ2n) is 5.12. The van der Waals surface area contributed by atoms with Crippen LogP contribution in [0.25, 0.3) is 10.9 Å². The van der Waals surface area contributed by atoms with Crippen molar-refractivity contribution in [3.8, 4) is 0 Å². The Balaban J connectivity index is 1.73. The van der Waals surface area contributed by atoms with Crippen LogP contribution in [0.15, 0.2) is 65.1 Å². The number of hydrogen-bond acceptors (Lipinski definition) is 2. The van der Waals surface area contributed by atoms with Gasteiger partial charge in [-0.3, -0.25) is 4.98 Å². The molecule has 3 heteroatoms. The Morgan fingerprint density at radius 3 is 2.62 bits per heavy atom. The standard InChI is InChI=1S/C18H17BrN2/c1-13(16-7-3-4-8-17(16)19)20-12-15-11-10-14-6-2-5-9-18(14)21-15/h2-11,13,20H,12H2,1H3/t13-/m0/s1. The van der Waals surface area contributed by atoms with E-state index < -0.39 is 0 Å². The van der Waals surface area contributed by atoms with Gasteiger partial charge in [0.1, 0.15) is 0 Å². The van der Waals surface area contributed by atoms with Gasteiger partial charge in [0.2, 0.25) is 0 Å². The van der Waals surface area contributed by atoms with E-state index in [0.29, 0.717) is 0 Å². The van der Waals surface area contributed by atoms with Crippen LogP contribution in [0, 0.1) is 0 Å². The maximum absolute atomic E-state index is 4.69. The van der Waals surface area contributed by atoms with Crippen LogP contribution in [0.5, 0.6) is 0 Å². The van der Waals surface area contributed by atoms with Crippen LogP contribution >= 0.6 is 15.9 Å². The zero-order valence-corrected chi connectivity index (χ0v) is 13.5. The van der Waals surface area contributed by atoms with Gasteiger partial charge in [0, 0.05) is 22.4 Å². The highest BCUT2D eigenvalue weighted by Gasteiger charge is 2.08. The first-order valence-electron chi connectivity index (χ1n) is 7.06. The predicted octanol–water partition coefficient (Wildman–Crippen LogP) is 4.85. The summed E-state index contributed by atoms with van der Waals surface area (Å²) in [5.41, 5.74) is 3.37. The Kier molecular flexibility index (Phi) is 4.32. The maximum atomic E-state index is 4.69. The van der Waals surface area contributed by atoms with Crippen LogP contribution in [0.4, 0.5) is 0 Å². The molecule has 3 rings (SSSR count). The number of pyridine rings is 1. The van der Waals surface area contributed by atoms with E-state index in [1.54, 1.807) is 0 Å². The molecule has 0 aliphatic rings. The number of aromatic nitrogens is 1. The highest BCUT2D eigenvalue weighted by Crippen LogP contribution is 2.23. The molecule has 0 radical (unpaired) electrons. The maximum Gasteiger partial charge on any atom is 0.0705 e. The molecular weight excluding hydrogens is 324 g/mol. The molecule has 3 aromatic rings. The van der Waals surface area contributed by atoms with Crippen LogP contribution in [0.2, 0.25) is 0 Å². The number of hydrogen-bond donors (Lipinski definition) is 1. The first-order chi connectivity index (χ1) is 10.2. The fourth-order valence-corrected chi connectivity index (χ4v) is 3.03. The highest BCUT2D eigenvalue weighted by atomic mass is 79.9. The number of halogens is 1. The van der Waals surface area contributed by atoms with Gasteiger partial charge in [0.15, 0.2) is 0 Å². The minimum absolute atomic E-state index is 0.272. The summed E-state index contributed by atoms with van der Waals surface area (Å²) in [6.07, 6.45) is 0. The van der Waals surface area contributed by atoms with Crippen molar-refractivity contribution in [1.82, 2.24) is 10.3 Å². The SMILES string of the molecule is C[C@H](NCc1ccc2ccccc2n1)c1ccccc1Br. The minimum atomic E-state index is 0.272. The van der Waals surface area contributed by atoms with Crippen LogP contribution in [-0.2, 0) is 6.54 Å². The van der Waals surface area contributed by atoms with Crippen LogP contribution in [0.3, 0.4) is 0 Å². The number of nitrogens with zero attached hydrogens (tertiary/aromatic N) is 1. The number of benzene rings is 2. The molecule has 0 aliphatic carbocycles. The molecule has 0 aliphatic heterocycles. The van der Waals surface area contributed by atoms with E-state index in [-0.39, 0.29) is 6.04 Å². The molecule has 0 amide bonds. The van der Waals surface area contributed by atoms with Crippen LogP contribution in [-0.4, -0.2) is 4.98 Å². The van der Waals surface area contributed by atoms with Gasteiger partial charge >= 0.3 is 0 Å². The van der Waals surface area contributed by atoms with Crippen LogP contribution in [0.1, 0.15) is 24.2 Å². The summed E-state index contributed by atoms with van der Waals surface area (Å²) >= 11 is 3.60. The number of para-hydroxylation sites is 1. The largest absolute Gasteiger partial charge is 0.305 e. The minimum Gasteiger partial charge on any atom is -0.305 e. The van der Waals surface area contributed by atoms with Gasteiger partial charge in [-0.1, -0.05) is 58.4 Å². The Labute approximate surface area is 133 Å². The van der Waals surface area contributed by atoms with Gasteiger partial charge in [-0.25, -0.2) is 0 Å². The molecule has 0 saturated carbocycles. The Hall–Kier alpha value is -1.71. The molecule has 0 fully saturated rings. The van der Waals surface area contributed by atoms with Gasteiger partial charge in [-0.05, 0) is 30.7 Å². The molecule has 21 heavy (non-hydrogen) atoms. The van der Waals surface area contributed by atoms with Gasteiger partial charge in [0.05, 0.1) is 11.2 Å². The summed E-state index contributed by atoms with van der Waals surface area (Å²) in [6.45, 7) is 2.93. The van der Waals surface area contributed by atoms with Crippen molar-refractivity contribution < 1.29 is 0 Å². The molecule has 0 unspecified atom stereocenters. The Morgan fingerprint density at radius 1 is 1.00 bits per heavy atom. The quantitative estimate of drug-likeness (QED) is 0.734. The second kappa shape index (κ2) is 6.37. The molecule has 106 valence electrons. The summed E-state index contributed by atoms with van der Waals surface area (Å²) in [5.74, 6) is 0. The van der Waals surface area contributed by atoms with Gasteiger partial charge in [-0.15, -0.1) is 0 Å². The van der Waals surface area contributed by atoms with Crippen molar-refractivity contribution in [2.75, 3.05) is 0 Å². The smallest absolute Gasteiger partial charge is 0.0705 e. The van der Waals surface area contributed by atoms with Crippen molar-refractivity contribution in [3.05, 3.63) is 76.4 Å². The Bertz CT molecular complexity index is 755. The lowest BCUT2D eigenvalue weighted by Gasteiger charge is -2.15. The van der Waals surface area contributed by atoms with Crippen molar-refractivity contribution in [3.63, 3.8) is 0 Å². The zero-order chi connectivity index (χ0) is 14.7. The summed E-state index contributed by atoms with van der Waals surface area (Å²) in [5, 5.41) is 4.71. The van der Waals surface area contributed by atoms with Crippen molar-refractivity contribution >= 4 is 26.8 Å². The average Bonchev–Trinajstić information content (AvgIpc) is 2.53. The first-order valence-corrected chi connectivity index (χ1v) is 7.86. The van der Waals surface area contributed by atoms with Crippen molar-refractivity contribution in [2.45, 2.75) is 19.5 Å². The molecule has 1 N–H and O–H groups in total. The Morgan fingerprint density at radius 2 is 1.76 bits per heavy atom. The lowest BCUT2D eigenvalue weighted by atomic mass is 10.1. The van der Waals surface area contributed by atoms with E-state index in [2.05, 4.69) is 75.6 Å². The molecule has 0 spiro atoms. The van der Waals surface area contributed by atoms with Crippen molar-refractivity contribution in [1.29, 1.82) is 0 Å². The van der Waals surface area contributed by atoms with E-state index in [1.165, 1.54) is 10.9 Å². The number of rotatable bonds is 4. The number of nitrogens with one attached hydrogen (secondary N) is 1. The summed E-state index contributed by atoms with van der Waals surface area (Å²) in [4.78, 5) is 4.69. The van der Waals surface area contributed by atoms with E-state index in [1.807, 2.05) is 18.2 Å². The number of fused-ring (bicyclic) bond motifs is 1. The fraction of sp³-hybridized carbons (Fsp3) is 0.167. The zero-order valence-electron chi connectivity index (χ0n) is 11.9. The summed E-state index contributed by atoms with van der Waals surface area (Å²) < 4.78 is 1.14. The lowest BCUT2D eigenvalue weighted by Crippen LogP contribution is -2.19. The lowest BCUT2D eigenvalue weighted by molar-refractivity contribution is 0.567. The molecule has 2 nitrogen and oxygen atoms in total. The van der Waals surface area contributed by atoms with E-state index in [4.69, 9.17) is 0 Å². The molecule has 0 bridgehead atoms. The third-order valence-corrected chi connectivity index (χ3v) is 4.34.